The predicted octanol–water partition coefficient (Wildman–Crippen LogP) is 2.75. The molecule has 0 unspecified atom stereocenters. The van der Waals surface area contributed by atoms with Crippen LogP contribution in [0.3, 0.4) is 0 Å². The van der Waals surface area contributed by atoms with E-state index in [1.807, 2.05) is 18.7 Å². The minimum absolute atomic E-state index is 0.0101. The van der Waals surface area contributed by atoms with E-state index < -0.39 is 5.41 Å². The molecule has 2 fully saturated rings. The number of likely N-dealkylation sites (tertiary alicyclic amines) is 1. The number of hydrogen-bond donors (Lipinski definition) is 0. The molecule has 138 valence electrons. The normalized spacial score (nSPS) is 28.9. The van der Waals surface area contributed by atoms with E-state index in [0.717, 1.165) is 25.7 Å². The van der Waals surface area contributed by atoms with Gasteiger partial charge in [0.25, 0.3) is 5.91 Å². The van der Waals surface area contributed by atoms with Crippen molar-refractivity contribution in [3.05, 3.63) is 35.4 Å². The Morgan fingerprint density at radius 2 is 1.81 bits per heavy atom. The lowest BCUT2D eigenvalue weighted by atomic mass is 9.78. The number of ketones is 1. The van der Waals surface area contributed by atoms with Crippen LogP contribution < -0.4 is 0 Å². The van der Waals surface area contributed by atoms with Gasteiger partial charge in [0.05, 0.1) is 17.0 Å². The largest absolute Gasteiger partial charge is 0.339 e. The van der Waals surface area contributed by atoms with Crippen LogP contribution >= 0.6 is 0 Å². The number of rotatable bonds is 2. The highest BCUT2D eigenvalue weighted by Gasteiger charge is 2.55. The van der Waals surface area contributed by atoms with Crippen molar-refractivity contribution < 1.29 is 14.4 Å². The van der Waals surface area contributed by atoms with Crippen LogP contribution in [0.2, 0.25) is 0 Å². The van der Waals surface area contributed by atoms with Crippen molar-refractivity contribution in [1.82, 2.24) is 9.80 Å². The molecule has 0 spiro atoms. The number of fused-ring (bicyclic) bond motifs is 2. The van der Waals surface area contributed by atoms with Gasteiger partial charge < -0.3 is 9.80 Å². The van der Waals surface area contributed by atoms with Gasteiger partial charge in [0, 0.05) is 31.1 Å². The number of carbonyl (C=O) groups is 3. The number of benzene rings is 1. The molecule has 26 heavy (non-hydrogen) atoms. The van der Waals surface area contributed by atoms with Crippen molar-refractivity contribution in [2.24, 2.45) is 11.3 Å². The van der Waals surface area contributed by atoms with Crippen LogP contribution in [-0.2, 0) is 4.79 Å². The molecule has 0 radical (unpaired) electrons. The van der Waals surface area contributed by atoms with Gasteiger partial charge in [-0.3, -0.25) is 14.4 Å². The molecule has 1 aliphatic carbocycles. The molecule has 5 nitrogen and oxygen atoms in total. The molecule has 4 rings (SSSR count). The van der Waals surface area contributed by atoms with Crippen molar-refractivity contribution in [3.8, 4) is 0 Å². The first-order valence-corrected chi connectivity index (χ1v) is 9.71. The van der Waals surface area contributed by atoms with Crippen LogP contribution in [0.1, 0.15) is 60.2 Å². The van der Waals surface area contributed by atoms with Gasteiger partial charge in [0.15, 0.2) is 5.78 Å². The third-order valence-corrected chi connectivity index (χ3v) is 6.56. The Morgan fingerprint density at radius 1 is 1.15 bits per heavy atom. The Balaban J connectivity index is 1.73. The highest BCUT2D eigenvalue weighted by Crippen LogP contribution is 2.42. The Labute approximate surface area is 154 Å². The SMILES string of the molecule is CCN1C(=O)c2ccccc2C(=O)[C@@]2(C)CN(C(=O)C3CCCC3)C[C@@H]12. The minimum Gasteiger partial charge on any atom is -0.339 e. The zero-order valence-corrected chi connectivity index (χ0v) is 15.5. The van der Waals surface area contributed by atoms with E-state index in [1.165, 1.54) is 0 Å². The highest BCUT2D eigenvalue weighted by atomic mass is 16.2. The van der Waals surface area contributed by atoms with Crippen LogP contribution in [0.25, 0.3) is 0 Å². The van der Waals surface area contributed by atoms with Crippen molar-refractivity contribution in [3.63, 3.8) is 0 Å². The Bertz CT molecular complexity index is 768. The number of nitrogens with zero attached hydrogens (tertiary/aromatic N) is 2. The van der Waals surface area contributed by atoms with Crippen LogP contribution in [0.5, 0.6) is 0 Å². The Hall–Kier alpha value is -2.17. The summed E-state index contributed by atoms with van der Waals surface area (Å²) < 4.78 is 0. The summed E-state index contributed by atoms with van der Waals surface area (Å²) in [6.07, 6.45) is 4.11. The maximum atomic E-state index is 13.4. The Kier molecular flexibility index (Phi) is 4.13. The first kappa shape index (κ1) is 17.3. The van der Waals surface area contributed by atoms with Gasteiger partial charge in [-0.2, -0.15) is 0 Å². The highest BCUT2D eigenvalue weighted by molar-refractivity contribution is 6.12. The van der Waals surface area contributed by atoms with Gasteiger partial charge in [-0.15, -0.1) is 0 Å². The van der Waals surface area contributed by atoms with Gasteiger partial charge in [-0.05, 0) is 32.8 Å². The maximum Gasteiger partial charge on any atom is 0.254 e. The lowest BCUT2D eigenvalue weighted by Crippen LogP contribution is -2.49. The fraction of sp³-hybridized carbons (Fsp3) is 0.571. The van der Waals surface area contributed by atoms with E-state index in [2.05, 4.69) is 0 Å². The average molecular weight is 354 g/mol. The smallest absolute Gasteiger partial charge is 0.254 e. The topological polar surface area (TPSA) is 57.7 Å². The molecule has 2 aliphatic heterocycles. The van der Waals surface area contributed by atoms with E-state index >= 15 is 0 Å². The van der Waals surface area contributed by atoms with Gasteiger partial charge in [0.1, 0.15) is 0 Å². The quantitative estimate of drug-likeness (QED) is 0.820. The number of carbonyl (C=O) groups excluding carboxylic acids is 3. The third-order valence-electron chi connectivity index (χ3n) is 6.56. The lowest BCUT2D eigenvalue weighted by Gasteiger charge is -2.34. The maximum absolute atomic E-state index is 13.4. The molecule has 1 saturated carbocycles. The second kappa shape index (κ2) is 6.22. The van der Waals surface area contributed by atoms with Crippen molar-refractivity contribution in [1.29, 1.82) is 0 Å². The van der Waals surface area contributed by atoms with E-state index in [4.69, 9.17) is 0 Å². The van der Waals surface area contributed by atoms with Crippen LogP contribution in [0, 0.1) is 11.3 Å². The molecule has 1 aromatic rings. The average Bonchev–Trinajstić information content (AvgIpc) is 3.29. The van der Waals surface area contributed by atoms with E-state index in [1.54, 1.807) is 29.2 Å². The number of amides is 2. The van der Waals surface area contributed by atoms with Crippen molar-refractivity contribution >= 4 is 17.6 Å². The van der Waals surface area contributed by atoms with Crippen LogP contribution in [0.4, 0.5) is 0 Å². The molecule has 1 aromatic carbocycles. The zero-order chi connectivity index (χ0) is 18.5. The lowest BCUT2D eigenvalue weighted by molar-refractivity contribution is -0.134. The fourth-order valence-electron chi connectivity index (χ4n) is 5.08. The molecule has 0 bridgehead atoms. The third kappa shape index (κ3) is 2.40. The van der Waals surface area contributed by atoms with E-state index in [9.17, 15) is 14.4 Å². The van der Waals surface area contributed by atoms with Gasteiger partial charge >= 0.3 is 0 Å². The van der Waals surface area contributed by atoms with Gasteiger partial charge in [0.2, 0.25) is 5.91 Å². The molecule has 2 heterocycles. The summed E-state index contributed by atoms with van der Waals surface area (Å²) >= 11 is 0. The molecule has 0 N–H and O–H groups in total. The summed E-state index contributed by atoms with van der Waals surface area (Å²) in [6.45, 7) is 5.28. The summed E-state index contributed by atoms with van der Waals surface area (Å²) in [7, 11) is 0. The van der Waals surface area contributed by atoms with Crippen molar-refractivity contribution in [2.45, 2.75) is 45.6 Å². The Morgan fingerprint density at radius 3 is 2.46 bits per heavy atom. The first-order valence-electron chi connectivity index (χ1n) is 9.71. The number of Topliss-reactive ketones (excluding diaryl/α,β-unsaturated/α-hetero) is 1. The molecule has 2 amide bonds. The van der Waals surface area contributed by atoms with Gasteiger partial charge in [-0.25, -0.2) is 0 Å². The molecule has 3 aliphatic rings. The predicted molar refractivity (Wildman–Crippen MR) is 97.9 cm³/mol. The summed E-state index contributed by atoms with van der Waals surface area (Å²) in [5.74, 6) is 0.153. The molecular weight excluding hydrogens is 328 g/mol. The van der Waals surface area contributed by atoms with Crippen molar-refractivity contribution in [2.75, 3.05) is 19.6 Å². The molecule has 5 heteroatoms. The molecule has 0 aromatic heterocycles. The molecule has 2 atom stereocenters. The summed E-state index contributed by atoms with van der Waals surface area (Å²) in [5.41, 5.74) is 0.242. The minimum atomic E-state index is -0.744. The fourth-order valence-corrected chi connectivity index (χ4v) is 5.08. The first-order chi connectivity index (χ1) is 12.5. The van der Waals surface area contributed by atoms with Crippen LogP contribution in [0.15, 0.2) is 24.3 Å². The van der Waals surface area contributed by atoms with E-state index in [-0.39, 0.29) is 29.6 Å². The molecular formula is C21H26N2O3. The number of likely N-dealkylation sites (N-methyl/N-ethyl adjacent to an activating group) is 1. The van der Waals surface area contributed by atoms with Gasteiger partial charge in [-0.1, -0.05) is 31.0 Å². The summed E-state index contributed by atoms with van der Waals surface area (Å²) in [4.78, 5) is 43.1. The summed E-state index contributed by atoms with van der Waals surface area (Å²) in [5, 5.41) is 0. The van der Waals surface area contributed by atoms with Crippen LogP contribution in [-0.4, -0.2) is 53.1 Å². The molecule has 1 saturated heterocycles. The zero-order valence-electron chi connectivity index (χ0n) is 15.5. The van der Waals surface area contributed by atoms with E-state index in [0.29, 0.717) is 30.8 Å². The second-order valence-corrected chi connectivity index (χ2v) is 8.10. The number of hydrogen-bond acceptors (Lipinski definition) is 3. The standard InChI is InChI=1S/C21H26N2O3/c1-3-23-17-12-22(19(25)14-8-4-5-9-14)13-21(17,2)18(24)15-10-6-7-11-16(15)20(23)26/h6-7,10-11,14,17H,3-5,8-9,12-13H2,1-2H3/t17-,21+/m1/s1. The monoisotopic (exact) mass is 354 g/mol. The summed E-state index contributed by atoms with van der Waals surface area (Å²) in [6, 6.07) is 6.84. The second-order valence-electron chi connectivity index (χ2n) is 8.10.